The van der Waals surface area contributed by atoms with Crippen LogP contribution in [0.25, 0.3) is 0 Å². The van der Waals surface area contributed by atoms with Crippen molar-refractivity contribution < 1.29 is 4.39 Å². The van der Waals surface area contributed by atoms with Crippen molar-refractivity contribution in [2.24, 2.45) is 4.99 Å². The first-order chi connectivity index (χ1) is 10.2. The third kappa shape index (κ3) is 4.56. The van der Waals surface area contributed by atoms with Gasteiger partial charge >= 0.3 is 0 Å². The maximum Gasteiger partial charge on any atom is 0.191 e. The van der Waals surface area contributed by atoms with Crippen LogP contribution < -0.4 is 10.6 Å². The van der Waals surface area contributed by atoms with Crippen LogP contribution in [-0.4, -0.2) is 19.6 Å². The van der Waals surface area contributed by atoms with Crippen LogP contribution in [0.3, 0.4) is 0 Å². The molecule has 1 atom stereocenters. The molecule has 5 heteroatoms. The predicted octanol–water partition coefficient (Wildman–Crippen LogP) is 3.36. The smallest absolute Gasteiger partial charge is 0.191 e. The molecule has 0 amide bonds. The van der Waals surface area contributed by atoms with Gasteiger partial charge < -0.3 is 10.6 Å². The van der Waals surface area contributed by atoms with Crippen molar-refractivity contribution in [3.8, 4) is 0 Å². The van der Waals surface area contributed by atoms with Gasteiger partial charge in [-0.3, -0.25) is 4.99 Å². The first kappa shape index (κ1) is 15.5. The molecule has 0 fully saturated rings. The molecule has 0 saturated heterocycles. The molecule has 2 rings (SSSR count). The Hall–Kier alpha value is -1.88. The molecule has 1 heterocycles. The lowest BCUT2D eigenvalue weighted by molar-refractivity contribution is 0.604. The van der Waals surface area contributed by atoms with E-state index in [1.54, 1.807) is 30.5 Å². The van der Waals surface area contributed by atoms with Gasteiger partial charge in [-0.05, 0) is 34.4 Å². The molecule has 1 aromatic carbocycles. The molecule has 0 saturated carbocycles. The van der Waals surface area contributed by atoms with Gasteiger partial charge in [-0.25, -0.2) is 4.39 Å². The summed E-state index contributed by atoms with van der Waals surface area (Å²) in [4.78, 5) is 4.16. The molecule has 1 unspecified atom stereocenters. The standard InChI is InChI=1S/C16H20FN3S/c1-12(14-7-8-21-11-14)9-19-16(18-2)20-10-13-5-3-4-6-15(13)17/h3-8,11-12H,9-10H2,1-2H3,(H2,18,19,20). The Kier molecular flexibility index (Phi) is 5.75. The van der Waals surface area contributed by atoms with Crippen molar-refractivity contribution in [2.75, 3.05) is 13.6 Å². The lowest BCUT2D eigenvalue weighted by Crippen LogP contribution is -2.38. The van der Waals surface area contributed by atoms with Crippen molar-refractivity contribution in [1.29, 1.82) is 0 Å². The number of aliphatic imine (C=N–C) groups is 1. The number of rotatable bonds is 5. The van der Waals surface area contributed by atoms with Crippen LogP contribution >= 0.6 is 11.3 Å². The van der Waals surface area contributed by atoms with Crippen LogP contribution in [-0.2, 0) is 6.54 Å². The second kappa shape index (κ2) is 7.78. The quantitative estimate of drug-likeness (QED) is 0.656. The molecule has 2 aromatic rings. The first-order valence-electron chi connectivity index (χ1n) is 6.90. The van der Waals surface area contributed by atoms with Gasteiger partial charge in [0.1, 0.15) is 5.82 Å². The Morgan fingerprint density at radius 3 is 2.76 bits per heavy atom. The van der Waals surface area contributed by atoms with E-state index in [9.17, 15) is 4.39 Å². The van der Waals surface area contributed by atoms with Crippen LogP contribution in [0.2, 0.25) is 0 Å². The average molecular weight is 305 g/mol. The zero-order valence-electron chi connectivity index (χ0n) is 12.3. The number of nitrogens with one attached hydrogen (secondary N) is 2. The number of benzene rings is 1. The Labute approximate surface area is 128 Å². The maximum absolute atomic E-state index is 13.5. The van der Waals surface area contributed by atoms with Gasteiger partial charge in [0.15, 0.2) is 5.96 Å². The summed E-state index contributed by atoms with van der Waals surface area (Å²) in [5.41, 5.74) is 1.95. The van der Waals surface area contributed by atoms with Gasteiger partial charge in [0, 0.05) is 25.7 Å². The van der Waals surface area contributed by atoms with E-state index in [1.807, 2.05) is 6.07 Å². The highest BCUT2D eigenvalue weighted by molar-refractivity contribution is 7.07. The third-order valence-corrected chi connectivity index (χ3v) is 4.02. The number of thiophene rings is 1. The number of nitrogens with zero attached hydrogens (tertiary/aromatic N) is 1. The summed E-state index contributed by atoms with van der Waals surface area (Å²) in [5, 5.41) is 10.6. The SMILES string of the molecule is CN=C(NCc1ccccc1F)NCC(C)c1ccsc1. The van der Waals surface area contributed by atoms with Crippen molar-refractivity contribution in [3.63, 3.8) is 0 Å². The lowest BCUT2D eigenvalue weighted by Gasteiger charge is -2.15. The summed E-state index contributed by atoms with van der Waals surface area (Å²) in [7, 11) is 1.71. The monoisotopic (exact) mass is 305 g/mol. The van der Waals surface area contributed by atoms with Crippen molar-refractivity contribution in [1.82, 2.24) is 10.6 Å². The average Bonchev–Trinajstić information content (AvgIpc) is 3.03. The second-order valence-electron chi connectivity index (χ2n) is 4.86. The largest absolute Gasteiger partial charge is 0.356 e. The highest BCUT2D eigenvalue weighted by Crippen LogP contribution is 2.16. The van der Waals surface area contributed by atoms with E-state index in [4.69, 9.17) is 0 Å². The molecule has 0 radical (unpaired) electrons. The predicted molar refractivity (Wildman–Crippen MR) is 87.3 cm³/mol. The van der Waals surface area contributed by atoms with Crippen molar-refractivity contribution in [3.05, 3.63) is 58.0 Å². The minimum absolute atomic E-state index is 0.202. The zero-order valence-corrected chi connectivity index (χ0v) is 13.1. The number of halogens is 1. The summed E-state index contributed by atoms with van der Waals surface area (Å²) in [6.07, 6.45) is 0. The van der Waals surface area contributed by atoms with Gasteiger partial charge in [0.2, 0.25) is 0 Å². The van der Waals surface area contributed by atoms with Gasteiger partial charge in [0.25, 0.3) is 0 Å². The van der Waals surface area contributed by atoms with Crippen molar-refractivity contribution in [2.45, 2.75) is 19.4 Å². The van der Waals surface area contributed by atoms with E-state index in [2.05, 4.69) is 39.4 Å². The van der Waals surface area contributed by atoms with E-state index in [0.29, 0.717) is 24.0 Å². The number of hydrogen-bond donors (Lipinski definition) is 2. The minimum Gasteiger partial charge on any atom is -0.356 e. The van der Waals surface area contributed by atoms with Crippen LogP contribution in [0.1, 0.15) is 24.0 Å². The molecular formula is C16H20FN3S. The van der Waals surface area contributed by atoms with Crippen molar-refractivity contribution >= 4 is 17.3 Å². The summed E-state index contributed by atoms with van der Waals surface area (Å²) in [6.45, 7) is 3.37. The summed E-state index contributed by atoms with van der Waals surface area (Å²) in [5.74, 6) is 0.885. The fourth-order valence-corrected chi connectivity index (χ4v) is 2.75. The normalized spacial score (nSPS) is 13.0. The van der Waals surface area contributed by atoms with E-state index >= 15 is 0 Å². The fraction of sp³-hybridized carbons (Fsp3) is 0.312. The third-order valence-electron chi connectivity index (χ3n) is 3.32. The summed E-state index contributed by atoms with van der Waals surface area (Å²) >= 11 is 1.70. The number of guanidine groups is 1. The molecule has 2 N–H and O–H groups in total. The molecule has 0 spiro atoms. The van der Waals surface area contributed by atoms with Gasteiger partial charge in [-0.15, -0.1) is 0 Å². The maximum atomic E-state index is 13.5. The Balaban J connectivity index is 1.83. The topological polar surface area (TPSA) is 36.4 Å². The Morgan fingerprint density at radius 1 is 1.29 bits per heavy atom. The Bertz CT molecular complexity index is 581. The van der Waals surface area contributed by atoms with Gasteiger partial charge in [0.05, 0.1) is 0 Å². The highest BCUT2D eigenvalue weighted by atomic mass is 32.1. The first-order valence-corrected chi connectivity index (χ1v) is 7.85. The minimum atomic E-state index is -0.202. The number of hydrogen-bond acceptors (Lipinski definition) is 2. The fourth-order valence-electron chi connectivity index (χ4n) is 1.96. The summed E-state index contributed by atoms with van der Waals surface area (Å²) < 4.78 is 13.5. The Morgan fingerprint density at radius 2 is 2.10 bits per heavy atom. The van der Waals surface area contributed by atoms with Gasteiger partial charge in [-0.2, -0.15) is 11.3 Å². The molecule has 112 valence electrons. The van der Waals surface area contributed by atoms with Crippen LogP contribution in [0.4, 0.5) is 4.39 Å². The van der Waals surface area contributed by atoms with E-state index in [0.717, 1.165) is 6.54 Å². The van der Waals surface area contributed by atoms with Gasteiger partial charge in [-0.1, -0.05) is 25.1 Å². The van der Waals surface area contributed by atoms with Crippen LogP contribution in [0, 0.1) is 5.82 Å². The molecule has 3 nitrogen and oxygen atoms in total. The molecule has 0 aliphatic carbocycles. The molecule has 0 aliphatic heterocycles. The lowest BCUT2D eigenvalue weighted by atomic mass is 10.1. The molecule has 21 heavy (non-hydrogen) atoms. The molecule has 1 aromatic heterocycles. The van der Waals surface area contributed by atoms with E-state index in [-0.39, 0.29) is 5.82 Å². The van der Waals surface area contributed by atoms with E-state index < -0.39 is 0 Å². The second-order valence-corrected chi connectivity index (χ2v) is 5.64. The summed E-state index contributed by atoms with van der Waals surface area (Å²) in [6, 6.07) is 8.88. The zero-order chi connectivity index (χ0) is 15.1. The van der Waals surface area contributed by atoms with Crippen LogP contribution in [0.15, 0.2) is 46.1 Å². The van der Waals surface area contributed by atoms with E-state index in [1.165, 1.54) is 11.6 Å². The van der Waals surface area contributed by atoms with Crippen LogP contribution in [0.5, 0.6) is 0 Å². The molecule has 0 aliphatic rings. The molecule has 0 bridgehead atoms. The molecular weight excluding hydrogens is 285 g/mol. The highest BCUT2D eigenvalue weighted by Gasteiger charge is 2.07.